The summed E-state index contributed by atoms with van der Waals surface area (Å²) in [5, 5.41) is 2.32. The molecular weight excluding hydrogens is 250 g/mol. The molecule has 0 fully saturated rings. The number of benzene rings is 1. The quantitative estimate of drug-likeness (QED) is 0.626. The molecule has 1 amide bonds. The molecule has 0 aliphatic rings. The van der Waals surface area contributed by atoms with Gasteiger partial charge in [0, 0.05) is 6.42 Å². The summed E-state index contributed by atoms with van der Waals surface area (Å²) >= 11 is 0. The topological polar surface area (TPSA) is 81.7 Å². The Kier molecular flexibility index (Phi) is 5.53. The fourth-order valence-electron chi connectivity index (χ4n) is 1.50. The predicted octanol–water partition coefficient (Wildman–Crippen LogP) is 0.696. The largest absolute Gasteiger partial charge is 0.463 e. The fraction of sp³-hybridized carbons (Fsp3) is 0.308. The highest BCUT2D eigenvalue weighted by molar-refractivity contribution is 6.36. The van der Waals surface area contributed by atoms with E-state index >= 15 is 0 Å². The van der Waals surface area contributed by atoms with Crippen molar-refractivity contribution in [1.29, 1.82) is 0 Å². The summed E-state index contributed by atoms with van der Waals surface area (Å²) in [6.07, 6.45) is -0.595. The van der Waals surface area contributed by atoms with Crippen molar-refractivity contribution >= 4 is 17.8 Å². The van der Waals surface area contributed by atoms with E-state index in [0.717, 1.165) is 12.7 Å². The van der Waals surface area contributed by atoms with E-state index in [9.17, 15) is 14.4 Å². The standard InChI is InChI=1S/C13H15NO5/c1-18-12(16)11(15)10(14-13(17)19-2)8-9-6-4-3-5-7-9/h3-7,10H,8H2,1-2H3,(H,14,17)/t10-/m0/s1. The lowest BCUT2D eigenvalue weighted by atomic mass is 10.0. The van der Waals surface area contributed by atoms with Gasteiger partial charge in [-0.15, -0.1) is 0 Å². The van der Waals surface area contributed by atoms with Gasteiger partial charge >= 0.3 is 12.1 Å². The van der Waals surface area contributed by atoms with Crippen LogP contribution in [0.5, 0.6) is 0 Å². The normalized spacial score (nSPS) is 11.3. The highest BCUT2D eigenvalue weighted by Crippen LogP contribution is 2.05. The van der Waals surface area contributed by atoms with Gasteiger partial charge < -0.3 is 14.8 Å². The van der Waals surface area contributed by atoms with Crippen molar-refractivity contribution in [3.63, 3.8) is 0 Å². The van der Waals surface area contributed by atoms with Crippen LogP contribution in [-0.2, 0) is 25.5 Å². The van der Waals surface area contributed by atoms with Crippen molar-refractivity contribution in [3.05, 3.63) is 35.9 Å². The zero-order chi connectivity index (χ0) is 14.3. The molecule has 102 valence electrons. The van der Waals surface area contributed by atoms with Crippen LogP contribution in [0.15, 0.2) is 30.3 Å². The number of carbonyl (C=O) groups excluding carboxylic acids is 3. The minimum atomic E-state index is -1.01. The maximum absolute atomic E-state index is 11.8. The van der Waals surface area contributed by atoms with Crippen molar-refractivity contribution in [2.45, 2.75) is 12.5 Å². The molecule has 19 heavy (non-hydrogen) atoms. The lowest BCUT2D eigenvalue weighted by molar-refractivity contribution is -0.152. The van der Waals surface area contributed by atoms with Crippen LogP contribution in [0.3, 0.4) is 0 Å². The molecule has 1 N–H and O–H groups in total. The zero-order valence-electron chi connectivity index (χ0n) is 10.7. The monoisotopic (exact) mass is 265 g/mol. The van der Waals surface area contributed by atoms with Gasteiger partial charge in [0.2, 0.25) is 0 Å². The highest BCUT2D eigenvalue weighted by atomic mass is 16.5. The molecular formula is C13H15NO5. The van der Waals surface area contributed by atoms with Crippen LogP contribution in [0.25, 0.3) is 0 Å². The second kappa shape index (κ2) is 7.15. The Labute approximate surface area is 110 Å². The Morgan fingerprint density at radius 1 is 1.11 bits per heavy atom. The second-order valence-corrected chi connectivity index (χ2v) is 3.73. The Morgan fingerprint density at radius 2 is 1.74 bits per heavy atom. The third-order valence-corrected chi connectivity index (χ3v) is 2.46. The fourth-order valence-corrected chi connectivity index (χ4v) is 1.50. The molecule has 6 nitrogen and oxygen atoms in total. The minimum Gasteiger partial charge on any atom is -0.463 e. The van der Waals surface area contributed by atoms with Gasteiger partial charge in [0.1, 0.15) is 6.04 Å². The lowest BCUT2D eigenvalue weighted by Gasteiger charge is -2.15. The number of methoxy groups -OCH3 is 2. The maximum atomic E-state index is 11.8. The summed E-state index contributed by atoms with van der Waals surface area (Å²) in [5.41, 5.74) is 0.807. The number of Topliss-reactive ketones (excluding diaryl/α,β-unsaturated/α-hetero) is 1. The van der Waals surface area contributed by atoms with Gasteiger partial charge in [-0.1, -0.05) is 30.3 Å². The molecule has 6 heteroatoms. The van der Waals surface area contributed by atoms with Gasteiger partial charge in [0.05, 0.1) is 14.2 Å². The number of ether oxygens (including phenoxy) is 2. The van der Waals surface area contributed by atoms with Crippen LogP contribution < -0.4 is 5.32 Å². The van der Waals surface area contributed by atoms with Gasteiger partial charge in [-0.25, -0.2) is 9.59 Å². The average molecular weight is 265 g/mol. The first-order valence-corrected chi connectivity index (χ1v) is 5.59. The minimum absolute atomic E-state index is 0.184. The number of amides is 1. The molecule has 0 spiro atoms. The van der Waals surface area contributed by atoms with E-state index in [4.69, 9.17) is 0 Å². The summed E-state index contributed by atoms with van der Waals surface area (Å²) in [7, 11) is 2.29. The molecule has 0 heterocycles. The van der Waals surface area contributed by atoms with Gasteiger partial charge in [-0.05, 0) is 5.56 Å². The first-order chi connectivity index (χ1) is 9.08. The van der Waals surface area contributed by atoms with E-state index in [1.165, 1.54) is 7.11 Å². The highest BCUT2D eigenvalue weighted by Gasteiger charge is 2.28. The van der Waals surface area contributed by atoms with Crippen LogP contribution in [0.1, 0.15) is 5.56 Å². The summed E-state index contributed by atoms with van der Waals surface area (Å²) in [5.74, 6) is -1.82. The molecule has 0 saturated heterocycles. The van der Waals surface area contributed by atoms with Crippen LogP contribution in [0.4, 0.5) is 4.79 Å². The van der Waals surface area contributed by atoms with Crippen molar-refractivity contribution in [3.8, 4) is 0 Å². The molecule has 1 atom stereocenters. The Hall–Kier alpha value is -2.37. The molecule has 0 aliphatic carbocycles. The summed E-state index contributed by atoms with van der Waals surface area (Å²) < 4.78 is 8.79. The van der Waals surface area contributed by atoms with Crippen molar-refractivity contribution in [1.82, 2.24) is 5.32 Å². The van der Waals surface area contributed by atoms with Crippen molar-refractivity contribution in [2.24, 2.45) is 0 Å². The van der Waals surface area contributed by atoms with Gasteiger partial charge in [0.25, 0.3) is 5.78 Å². The summed E-state index contributed by atoms with van der Waals surface area (Å²) in [6.45, 7) is 0. The van der Waals surface area contributed by atoms with Crippen molar-refractivity contribution in [2.75, 3.05) is 14.2 Å². The average Bonchev–Trinajstić information content (AvgIpc) is 2.45. The third kappa shape index (κ3) is 4.42. The number of ketones is 1. The number of rotatable bonds is 5. The summed E-state index contributed by atoms with van der Waals surface area (Å²) in [6, 6.07) is 7.99. The van der Waals surface area contributed by atoms with Crippen LogP contribution >= 0.6 is 0 Å². The van der Waals surface area contributed by atoms with E-state index in [2.05, 4.69) is 14.8 Å². The Balaban J connectivity index is 2.83. The Bertz CT molecular complexity index is 457. The second-order valence-electron chi connectivity index (χ2n) is 3.73. The van der Waals surface area contributed by atoms with E-state index in [-0.39, 0.29) is 6.42 Å². The van der Waals surface area contributed by atoms with E-state index in [1.54, 1.807) is 24.3 Å². The van der Waals surface area contributed by atoms with Gasteiger partial charge in [-0.3, -0.25) is 4.79 Å². The molecule has 0 aromatic heterocycles. The van der Waals surface area contributed by atoms with Crippen LogP contribution in [0, 0.1) is 0 Å². The van der Waals surface area contributed by atoms with E-state index < -0.39 is 23.9 Å². The van der Waals surface area contributed by atoms with Crippen LogP contribution in [-0.4, -0.2) is 38.1 Å². The van der Waals surface area contributed by atoms with Crippen LogP contribution in [0.2, 0.25) is 0 Å². The zero-order valence-corrected chi connectivity index (χ0v) is 10.7. The molecule has 1 aromatic carbocycles. The molecule has 0 unspecified atom stereocenters. The van der Waals surface area contributed by atoms with Gasteiger partial charge in [-0.2, -0.15) is 0 Å². The number of carbonyl (C=O) groups is 3. The van der Waals surface area contributed by atoms with E-state index in [0.29, 0.717) is 0 Å². The summed E-state index contributed by atoms with van der Waals surface area (Å²) in [4.78, 5) is 34.2. The molecule has 1 rings (SSSR count). The molecule has 0 bridgehead atoms. The number of esters is 1. The number of nitrogens with one attached hydrogen (secondary N) is 1. The number of hydrogen-bond acceptors (Lipinski definition) is 5. The third-order valence-electron chi connectivity index (χ3n) is 2.46. The molecule has 0 saturated carbocycles. The molecule has 1 aromatic rings. The van der Waals surface area contributed by atoms with Gasteiger partial charge in [0.15, 0.2) is 0 Å². The molecule has 0 aliphatic heterocycles. The predicted molar refractivity (Wildman–Crippen MR) is 66.5 cm³/mol. The number of hydrogen-bond donors (Lipinski definition) is 1. The smallest absolute Gasteiger partial charge is 0.407 e. The maximum Gasteiger partial charge on any atom is 0.407 e. The van der Waals surface area contributed by atoms with E-state index in [1.807, 2.05) is 6.07 Å². The van der Waals surface area contributed by atoms with Crippen molar-refractivity contribution < 1.29 is 23.9 Å². The first kappa shape index (κ1) is 14.7. The SMILES string of the molecule is COC(=O)N[C@@H](Cc1ccccc1)C(=O)C(=O)OC. The lowest BCUT2D eigenvalue weighted by Crippen LogP contribution is -2.45. The first-order valence-electron chi connectivity index (χ1n) is 5.59. The number of alkyl carbamates (subject to hydrolysis) is 1. The Morgan fingerprint density at radius 3 is 2.26 bits per heavy atom. The molecule has 0 radical (unpaired) electrons.